The van der Waals surface area contributed by atoms with E-state index in [1.54, 1.807) is 12.1 Å². The summed E-state index contributed by atoms with van der Waals surface area (Å²) in [6, 6.07) is 6.02. The molecule has 0 saturated carbocycles. The molecule has 1 aromatic carbocycles. The number of unbranched alkanes of at least 4 members (excludes halogenated alkanes) is 1. The highest BCUT2D eigenvalue weighted by Crippen LogP contribution is 2.24. The first-order valence-electron chi connectivity index (χ1n) is 9.01. The second-order valence-electron chi connectivity index (χ2n) is 6.63. The Morgan fingerprint density at radius 3 is 2.71 bits per heavy atom. The predicted molar refractivity (Wildman–Crippen MR) is 93.5 cm³/mol. The minimum atomic E-state index is -0.260. The Labute approximate surface area is 144 Å². The number of nitrogens with one attached hydrogen (secondary N) is 2. The quantitative estimate of drug-likeness (QED) is 0.681. The van der Waals surface area contributed by atoms with Gasteiger partial charge in [0.1, 0.15) is 11.6 Å². The summed E-state index contributed by atoms with van der Waals surface area (Å²) in [6.45, 7) is 5.60. The van der Waals surface area contributed by atoms with Crippen LogP contribution in [-0.2, 0) is 4.79 Å². The second-order valence-corrected chi connectivity index (χ2v) is 6.63. The van der Waals surface area contributed by atoms with Crippen molar-refractivity contribution in [2.75, 3.05) is 26.2 Å². The smallest absolute Gasteiger partial charge is 0.220 e. The van der Waals surface area contributed by atoms with E-state index in [4.69, 9.17) is 4.74 Å². The molecular weight excluding hydrogens is 307 g/mol. The van der Waals surface area contributed by atoms with Crippen LogP contribution in [0.4, 0.5) is 4.39 Å². The average Bonchev–Trinajstić information content (AvgIpc) is 2.60. The van der Waals surface area contributed by atoms with Gasteiger partial charge in [-0.15, -0.1) is 0 Å². The normalized spacial score (nSPS) is 16.6. The molecule has 1 heterocycles. The summed E-state index contributed by atoms with van der Waals surface area (Å²) in [4.78, 5) is 12.0. The first kappa shape index (κ1) is 18.7. The van der Waals surface area contributed by atoms with Crippen molar-refractivity contribution >= 4 is 5.91 Å². The molecule has 1 saturated heterocycles. The zero-order chi connectivity index (χ0) is 17.2. The second kappa shape index (κ2) is 10.3. The molecule has 0 radical (unpaired) electrons. The number of piperidine rings is 1. The predicted octanol–water partition coefficient (Wildman–Crippen LogP) is 3.13. The summed E-state index contributed by atoms with van der Waals surface area (Å²) in [6.07, 6.45) is 4.72. The molecule has 24 heavy (non-hydrogen) atoms. The van der Waals surface area contributed by atoms with E-state index in [0.29, 0.717) is 37.2 Å². The molecule has 134 valence electrons. The third kappa shape index (κ3) is 6.87. The molecule has 1 unspecified atom stereocenters. The van der Waals surface area contributed by atoms with E-state index in [1.165, 1.54) is 25.0 Å². The maximum atomic E-state index is 12.8. The highest BCUT2D eigenvalue weighted by atomic mass is 19.1. The van der Waals surface area contributed by atoms with Crippen molar-refractivity contribution in [1.29, 1.82) is 0 Å². The number of benzene rings is 1. The third-order valence-electron chi connectivity index (χ3n) is 4.67. The molecule has 2 rings (SSSR count). The third-order valence-corrected chi connectivity index (χ3v) is 4.67. The van der Waals surface area contributed by atoms with Gasteiger partial charge in [0.15, 0.2) is 0 Å². The fourth-order valence-corrected chi connectivity index (χ4v) is 3.12. The molecule has 2 N–H and O–H groups in total. The number of ether oxygens (including phenoxy) is 1. The number of halogens is 1. The van der Waals surface area contributed by atoms with E-state index < -0.39 is 0 Å². The minimum absolute atomic E-state index is 0.153. The van der Waals surface area contributed by atoms with Crippen molar-refractivity contribution < 1.29 is 13.9 Å². The molecule has 4 nitrogen and oxygen atoms in total. The lowest BCUT2D eigenvalue weighted by Crippen LogP contribution is -2.33. The van der Waals surface area contributed by atoms with Crippen LogP contribution in [0, 0.1) is 17.7 Å². The lowest BCUT2D eigenvalue weighted by molar-refractivity contribution is -0.122. The average molecular weight is 336 g/mol. The number of carbonyl (C=O) groups excluding carboxylic acids is 1. The number of rotatable bonds is 9. The number of amides is 1. The SMILES string of the molecule is CC(CC(=O)NCCCCOc1ccc(F)cc1)C1CCNCC1. The van der Waals surface area contributed by atoms with Crippen molar-refractivity contribution in [2.45, 2.75) is 39.0 Å². The van der Waals surface area contributed by atoms with Gasteiger partial charge in [0.05, 0.1) is 6.61 Å². The van der Waals surface area contributed by atoms with E-state index in [0.717, 1.165) is 25.9 Å². The fourth-order valence-electron chi connectivity index (χ4n) is 3.12. The van der Waals surface area contributed by atoms with Crippen LogP contribution in [0.5, 0.6) is 5.75 Å². The van der Waals surface area contributed by atoms with Gasteiger partial charge in [-0.25, -0.2) is 4.39 Å². The lowest BCUT2D eigenvalue weighted by Gasteiger charge is -2.27. The van der Waals surface area contributed by atoms with Gasteiger partial charge in [-0.1, -0.05) is 6.92 Å². The molecule has 0 aliphatic carbocycles. The van der Waals surface area contributed by atoms with Crippen LogP contribution in [0.1, 0.15) is 39.0 Å². The molecule has 1 atom stereocenters. The molecule has 1 aliphatic heterocycles. The van der Waals surface area contributed by atoms with Gasteiger partial charge >= 0.3 is 0 Å². The number of hydrogen-bond acceptors (Lipinski definition) is 3. The minimum Gasteiger partial charge on any atom is -0.494 e. The van der Waals surface area contributed by atoms with E-state index in [9.17, 15) is 9.18 Å². The monoisotopic (exact) mass is 336 g/mol. The largest absolute Gasteiger partial charge is 0.494 e. The van der Waals surface area contributed by atoms with E-state index in [1.807, 2.05) is 0 Å². The Balaban J connectivity index is 1.50. The molecule has 1 aromatic rings. The molecule has 0 aromatic heterocycles. The van der Waals surface area contributed by atoms with Crippen LogP contribution >= 0.6 is 0 Å². The maximum Gasteiger partial charge on any atom is 0.220 e. The van der Waals surface area contributed by atoms with Gasteiger partial charge in [-0.2, -0.15) is 0 Å². The van der Waals surface area contributed by atoms with Crippen molar-refractivity contribution in [1.82, 2.24) is 10.6 Å². The Kier molecular flexibility index (Phi) is 8.02. The summed E-state index contributed by atoms with van der Waals surface area (Å²) in [5.74, 6) is 1.69. The zero-order valence-corrected chi connectivity index (χ0v) is 14.5. The van der Waals surface area contributed by atoms with Crippen LogP contribution in [-0.4, -0.2) is 32.1 Å². The van der Waals surface area contributed by atoms with Gasteiger partial charge in [-0.05, 0) is 74.9 Å². The maximum absolute atomic E-state index is 12.8. The summed E-state index contributed by atoms with van der Waals surface area (Å²) in [5.41, 5.74) is 0. The first-order valence-corrected chi connectivity index (χ1v) is 9.01. The molecule has 1 aliphatic rings. The standard InChI is InChI=1S/C19H29FN2O2/c1-15(16-8-11-21-12-9-16)14-19(23)22-10-2-3-13-24-18-6-4-17(20)5-7-18/h4-7,15-16,21H,2-3,8-14H2,1H3,(H,22,23). The highest BCUT2D eigenvalue weighted by molar-refractivity contribution is 5.76. The number of hydrogen-bond donors (Lipinski definition) is 2. The van der Waals surface area contributed by atoms with Gasteiger partial charge in [0, 0.05) is 13.0 Å². The Hall–Kier alpha value is -1.62. The van der Waals surface area contributed by atoms with Gasteiger partial charge in [0.2, 0.25) is 5.91 Å². The molecule has 0 bridgehead atoms. The molecule has 5 heteroatoms. The van der Waals surface area contributed by atoms with E-state index in [2.05, 4.69) is 17.6 Å². The molecule has 0 spiro atoms. The Morgan fingerprint density at radius 1 is 1.29 bits per heavy atom. The van der Waals surface area contributed by atoms with E-state index in [-0.39, 0.29) is 11.7 Å². The lowest BCUT2D eigenvalue weighted by atomic mass is 9.84. The van der Waals surface area contributed by atoms with Crippen molar-refractivity contribution in [3.63, 3.8) is 0 Å². The Morgan fingerprint density at radius 2 is 2.00 bits per heavy atom. The molecule has 1 fully saturated rings. The Bertz CT molecular complexity index is 487. The summed E-state index contributed by atoms with van der Waals surface area (Å²) >= 11 is 0. The summed E-state index contributed by atoms with van der Waals surface area (Å²) < 4.78 is 18.3. The van der Waals surface area contributed by atoms with E-state index >= 15 is 0 Å². The van der Waals surface area contributed by atoms with Crippen LogP contribution in [0.2, 0.25) is 0 Å². The first-order chi connectivity index (χ1) is 11.6. The topological polar surface area (TPSA) is 50.4 Å². The van der Waals surface area contributed by atoms with Gasteiger partial charge < -0.3 is 15.4 Å². The molecule has 1 amide bonds. The summed E-state index contributed by atoms with van der Waals surface area (Å²) in [5, 5.41) is 6.36. The highest BCUT2D eigenvalue weighted by Gasteiger charge is 2.21. The van der Waals surface area contributed by atoms with Crippen LogP contribution in [0.15, 0.2) is 24.3 Å². The van der Waals surface area contributed by atoms with Crippen LogP contribution in [0.3, 0.4) is 0 Å². The van der Waals surface area contributed by atoms with Crippen molar-refractivity contribution in [3.05, 3.63) is 30.1 Å². The zero-order valence-electron chi connectivity index (χ0n) is 14.5. The van der Waals surface area contributed by atoms with Crippen molar-refractivity contribution in [2.24, 2.45) is 11.8 Å². The summed E-state index contributed by atoms with van der Waals surface area (Å²) in [7, 11) is 0. The fraction of sp³-hybridized carbons (Fsp3) is 0.632. The van der Waals surface area contributed by atoms with Crippen LogP contribution in [0.25, 0.3) is 0 Å². The van der Waals surface area contributed by atoms with Gasteiger partial charge in [-0.3, -0.25) is 4.79 Å². The van der Waals surface area contributed by atoms with Gasteiger partial charge in [0.25, 0.3) is 0 Å². The van der Waals surface area contributed by atoms with Crippen molar-refractivity contribution in [3.8, 4) is 5.75 Å². The molecular formula is C19H29FN2O2. The van der Waals surface area contributed by atoms with Crippen LogP contribution < -0.4 is 15.4 Å². The number of carbonyl (C=O) groups is 1.